The van der Waals surface area contributed by atoms with Crippen molar-refractivity contribution in [3.63, 3.8) is 0 Å². The molecule has 1 atom stereocenters. The highest BCUT2D eigenvalue weighted by Gasteiger charge is 2.33. The molecule has 0 unspecified atom stereocenters. The molecule has 2 fully saturated rings. The number of hydrogen-bond donors (Lipinski definition) is 0. The summed E-state index contributed by atoms with van der Waals surface area (Å²) in [5.74, 6) is -0.489. The number of hydrogen-bond acceptors (Lipinski definition) is 4. The number of carbonyl (C=O) groups excluding carboxylic acids is 1. The Morgan fingerprint density at radius 3 is 2.59 bits per heavy atom. The second kappa shape index (κ2) is 6.36. The zero-order valence-corrected chi connectivity index (χ0v) is 13.5. The number of nitrogens with zero attached hydrogens (tertiary/aromatic N) is 2. The van der Waals surface area contributed by atoms with Gasteiger partial charge in [0.25, 0.3) is 0 Å². The first-order chi connectivity index (χ1) is 10.6. The van der Waals surface area contributed by atoms with Gasteiger partial charge in [-0.05, 0) is 31.4 Å². The third kappa shape index (κ3) is 3.48. The molecule has 1 saturated carbocycles. The maximum Gasteiger partial charge on any atom is 0.236 e. The Balaban J connectivity index is 1.88. The molecular formula is C16H22N2O3S. The predicted molar refractivity (Wildman–Crippen MR) is 84.3 cm³/mol. The molecule has 0 N–H and O–H groups in total. The zero-order chi connectivity index (χ0) is 15.6. The third-order valence-corrected chi connectivity index (χ3v) is 6.31. The summed E-state index contributed by atoms with van der Waals surface area (Å²) < 4.78 is 24.7. The highest BCUT2D eigenvalue weighted by atomic mass is 32.2. The van der Waals surface area contributed by atoms with Crippen molar-refractivity contribution in [2.45, 2.75) is 44.6 Å². The molecule has 0 radical (unpaired) electrons. The van der Waals surface area contributed by atoms with E-state index in [1.807, 2.05) is 12.1 Å². The van der Waals surface area contributed by atoms with Gasteiger partial charge < -0.3 is 0 Å². The number of sulfone groups is 1. The molecule has 22 heavy (non-hydrogen) atoms. The van der Waals surface area contributed by atoms with Crippen LogP contribution in [0.3, 0.4) is 0 Å². The van der Waals surface area contributed by atoms with Crippen molar-refractivity contribution in [3.8, 4) is 0 Å². The standard InChI is InChI=1S/C16H22N2O3S/c19-16(13-9-11-22(20,21)12-13)18-10-5-4-8-15(18)17-14-6-2-1-3-7-14/h4-5,8,10,13-14H,1-3,6-7,9,11-12H2/t13-/m1/s1. The van der Waals surface area contributed by atoms with Gasteiger partial charge in [-0.25, -0.2) is 8.42 Å². The Kier molecular flexibility index (Phi) is 4.47. The van der Waals surface area contributed by atoms with Gasteiger partial charge in [-0.3, -0.25) is 14.4 Å². The predicted octanol–water partition coefficient (Wildman–Crippen LogP) is 1.80. The first-order valence-corrected chi connectivity index (χ1v) is 9.83. The maximum absolute atomic E-state index is 12.6. The second-order valence-electron chi connectivity index (χ2n) is 6.29. The monoisotopic (exact) mass is 322 g/mol. The van der Waals surface area contributed by atoms with E-state index in [0.717, 1.165) is 12.8 Å². The molecule has 1 aromatic rings. The largest absolute Gasteiger partial charge is 0.274 e. The summed E-state index contributed by atoms with van der Waals surface area (Å²) in [6.45, 7) is 0. The van der Waals surface area contributed by atoms with Crippen LogP contribution in [0.2, 0.25) is 0 Å². The Hall–Kier alpha value is -1.43. The van der Waals surface area contributed by atoms with Gasteiger partial charge in [-0.2, -0.15) is 0 Å². The molecular weight excluding hydrogens is 300 g/mol. The summed E-state index contributed by atoms with van der Waals surface area (Å²) in [5, 5.41) is 0. The van der Waals surface area contributed by atoms with Crippen LogP contribution >= 0.6 is 0 Å². The van der Waals surface area contributed by atoms with E-state index in [4.69, 9.17) is 4.99 Å². The summed E-state index contributed by atoms with van der Waals surface area (Å²) in [4.78, 5) is 17.4. The molecule has 1 aliphatic heterocycles. The van der Waals surface area contributed by atoms with Crippen LogP contribution in [0.25, 0.3) is 0 Å². The van der Waals surface area contributed by atoms with Crippen molar-refractivity contribution < 1.29 is 13.2 Å². The zero-order valence-electron chi connectivity index (χ0n) is 12.6. The summed E-state index contributed by atoms with van der Waals surface area (Å²) in [6.07, 6.45) is 7.91. The third-order valence-electron chi connectivity index (χ3n) is 4.55. The van der Waals surface area contributed by atoms with Crippen molar-refractivity contribution in [1.82, 2.24) is 4.57 Å². The van der Waals surface area contributed by atoms with Crippen LogP contribution < -0.4 is 5.49 Å². The molecule has 6 heteroatoms. The summed E-state index contributed by atoms with van der Waals surface area (Å²) in [5.41, 5.74) is 0.656. The lowest BCUT2D eigenvalue weighted by atomic mass is 9.96. The fourth-order valence-corrected chi connectivity index (χ4v) is 5.04. The van der Waals surface area contributed by atoms with E-state index >= 15 is 0 Å². The smallest absolute Gasteiger partial charge is 0.236 e. The number of carbonyl (C=O) groups is 1. The van der Waals surface area contributed by atoms with E-state index in [1.165, 1.54) is 19.3 Å². The average molecular weight is 322 g/mol. The SMILES string of the molecule is O=C([C@@H]1CCS(=O)(=O)C1)n1ccccc1=NC1CCCCC1. The lowest BCUT2D eigenvalue weighted by Gasteiger charge is -2.18. The van der Waals surface area contributed by atoms with Crippen LogP contribution in [0, 0.1) is 5.92 Å². The minimum absolute atomic E-state index is 0.0312. The first-order valence-electron chi connectivity index (χ1n) is 8.01. The fraction of sp³-hybridized carbons (Fsp3) is 0.625. The quantitative estimate of drug-likeness (QED) is 0.833. The molecule has 0 spiro atoms. The summed E-state index contributed by atoms with van der Waals surface area (Å²) in [7, 11) is -3.05. The van der Waals surface area contributed by atoms with Crippen LogP contribution in [0.15, 0.2) is 29.4 Å². The van der Waals surface area contributed by atoms with Gasteiger partial charge in [0, 0.05) is 6.20 Å². The van der Waals surface area contributed by atoms with Crippen LogP contribution in [-0.4, -0.2) is 36.4 Å². The van der Waals surface area contributed by atoms with Gasteiger partial charge in [0.05, 0.1) is 23.5 Å². The number of pyridine rings is 1. The summed E-state index contributed by atoms with van der Waals surface area (Å²) in [6, 6.07) is 5.79. The minimum Gasteiger partial charge on any atom is -0.274 e. The van der Waals surface area contributed by atoms with Crippen LogP contribution in [0.4, 0.5) is 0 Å². The van der Waals surface area contributed by atoms with E-state index in [1.54, 1.807) is 16.8 Å². The van der Waals surface area contributed by atoms with Gasteiger partial charge >= 0.3 is 0 Å². The fourth-order valence-electron chi connectivity index (χ4n) is 3.31. The molecule has 0 aromatic carbocycles. The van der Waals surface area contributed by atoms with E-state index in [2.05, 4.69) is 0 Å². The first kappa shape index (κ1) is 15.5. The van der Waals surface area contributed by atoms with Crippen molar-refractivity contribution in [2.75, 3.05) is 11.5 Å². The Morgan fingerprint density at radius 2 is 1.91 bits per heavy atom. The second-order valence-corrected chi connectivity index (χ2v) is 8.52. The highest BCUT2D eigenvalue weighted by Crippen LogP contribution is 2.21. The van der Waals surface area contributed by atoms with Crippen molar-refractivity contribution in [1.29, 1.82) is 0 Å². The Labute approximate surface area is 131 Å². The molecule has 0 amide bonds. The molecule has 1 aliphatic carbocycles. The van der Waals surface area contributed by atoms with Crippen LogP contribution in [0.1, 0.15) is 43.3 Å². The number of rotatable bonds is 2. The van der Waals surface area contributed by atoms with Gasteiger partial charge in [0.15, 0.2) is 9.84 Å². The molecule has 120 valence electrons. The van der Waals surface area contributed by atoms with Crippen LogP contribution in [-0.2, 0) is 9.84 Å². The topological polar surface area (TPSA) is 68.5 Å². The van der Waals surface area contributed by atoms with Crippen molar-refractivity contribution in [3.05, 3.63) is 29.9 Å². The lowest BCUT2D eigenvalue weighted by molar-refractivity contribution is 0.0842. The Bertz CT molecular complexity index is 715. The summed E-state index contributed by atoms with van der Waals surface area (Å²) >= 11 is 0. The van der Waals surface area contributed by atoms with Crippen molar-refractivity contribution in [2.24, 2.45) is 10.9 Å². The van der Waals surface area contributed by atoms with Gasteiger partial charge in [0.1, 0.15) is 5.49 Å². The minimum atomic E-state index is -3.05. The van der Waals surface area contributed by atoms with E-state index in [0.29, 0.717) is 11.9 Å². The molecule has 1 aromatic heterocycles. The molecule has 2 heterocycles. The Morgan fingerprint density at radius 1 is 1.14 bits per heavy atom. The van der Waals surface area contributed by atoms with E-state index in [9.17, 15) is 13.2 Å². The highest BCUT2D eigenvalue weighted by molar-refractivity contribution is 7.91. The molecule has 5 nitrogen and oxygen atoms in total. The molecule has 3 rings (SSSR count). The van der Waals surface area contributed by atoms with Gasteiger partial charge in [0.2, 0.25) is 5.91 Å². The molecule has 0 bridgehead atoms. The van der Waals surface area contributed by atoms with Gasteiger partial charge in [-0.15, -0.1) is 0 Å². The average Bonchev–Trinajstić information content (AvgIpc) is 2.88. The van der Waals surface area contributed by atoms with E-state index < -0.39 is 15.8 Å². The maximum atomic E-state index is 12.6. The van der Waals surface area contributed by atoms with E-state index in [-0.39, 0.29) is 23.5 Å². The number of aromatic nitrogens is 1. The van der Waals surface area contributed by atoms with Gasteiger partial charge in [-0.1, -0.05) is 25.3 Å². The molecule has 2 aliphatic rings. The normalized spacial score (nSPS) is 26.2. The lowest BCUT2D eigenvalue weighted by Crippen LogP contribution is -2.33. The van der Waals surface area contributed by atoms with Crippen LogP contribution in [0.5, 0.6) is 0 Å². The van der Waals surface area contributed by atoms with Crippen molar-refractivity contribution >= 4 is 15.7 Å². The molecule has 1 saturated heterocycles.